The molecule has 6 heteroatoms. The van der Waals surface area contributed by atoms with E-state index in [-0.39, 0.29) is 41.2 Å². The summed E-state index contributed by atoms with van der Waals surface area (Å²) in [4.78, 5) is 37.9. The number of rotatable bonds is 2. The Kier molecular flexibility index (Phi) is 2.50. The van der Waals surface area contributed by atoms with E-state index in [1.807, 2.05) is 0 Å². The van der Waals surface area contributed by atoms with Gasteiger partial charge >= 0.3 is 0 Å². The van der Waals surface area contributed by atoms with Crippen molar-refractivity contribution in [1.29, 1.82) is 0 Å². The van der Waals surface area contributed by atoms with Crippen molar-refractivity contribution in [3.63, 3.8) is 0 Å². The molecule has 0 aromatic heterocycles. The van der Waals surface area contributed by atoms with Gasteiger partial charge in [-0.1, -0.05) is 18.2 Å². The molecule has 24 heavy (non-hydrogen) atoms. The molecule has 1 saturated heterocycles. The first-order chi connectivity index (χ1) is 11.5. The maximum absolute atomic E-state index is 13.0. The topological polar surface area (TPSA) is 80.5 Å². The number of amides is 2. The standard InChI is InChI=1S/C18H16N2O4/c1-8-2-3-9(20(23)24)6-14(8)19-17(21)15-10-4-5-11(13-7-12(10)13)16(15)18(19)22/h2-6,10-13,15-16H,7H2,1H3/t10-,11-,12-,13-,15+,16+/m1/s1. The Morgan fingerprint density at radius 3 is 2.21 bits per heavy atom. The molecule has 5 aliphatic rings. The minimum absolute atomic E-state index is 0.102. The van der Waals surface area contributed by atoms with Crippen LogP contribution < -0.4 is 4.90 Å². The van der Waals surface area contributed by atoms with Crippen molar-refractivity contribution < 1.29 is 14.5 Å². The maximum Gasteiger partial charge on any atom is 0.271 e. The highest BCUT2D eigenvalue weighted by Crippen LogP contribution is 2.65. The fourth-order valence-electron chi connectivity index (χ4n) is 5.15. The molecule has 2 bridgehead atoms. The lowest BCUT2D eigenvalue weighted by atomic mass is 9.63. The van der Waals surface area contributed by atoms with Gasteiger partial charge in [0.15, 0.2) is 0 Å². The molecule has 6 rings (SSSR count). The van der Waals surface area contributed by atoms with E-state index in [1.165, 1.54) is 17.0 Å². The highest BCUT2D eigenvalue weighted by atomic mass is 16.6. The first-order valence-corrected chi connectivity index (χ1v) is 8.30. The molecule has 1 heterocycles. The maximum atomic E-state index is 13.0. The molecule has 2 saturated carbocycles. The molecule has 3 fully saturated rings. The second-order valence-corrected chi connectivity index (χ2v) is 7.39. The highest BCUT2D eigenvalue weighted by Gasteiger charge is 2.67. The summed E-state index contributed by atoms with van der Waals surface area (Å²) in [6.45, 7) is 1.77. The predicted octanol–water partition coefficient (Wildman–Crippen LogP) is 2.46. The number of imide groups is 1. The monoisotopic (exact) mass is 324 g/mol. The second kappa shape index (κ2) is 4.32. The summed E-state index contributed by atoms with van der Waals surface area (Å²) in [6, 6.07) is 4.34. The number of carbonyl (C=O) groups is 2. The van der Waals surface area contributed by atoms with Gasteiger partial charge in [-0.2, -0.15) is 0 Å². The van der Waals surface area contributed by atoms with Crippen LogP contribution in [0.4, 0.5) is 11.4 Å². The molecule has 6 atom stereocenters. The Bertz CT molecular complexity index is 809. The van der Waals surface area contributed by atoms with Crippen LogP contribution in [0.1, 0.15) is 12.0 Å². The molecule has 0 spiro atoms. The van der Waals surface area contributed by atoms with Crippen LogP contribution in [0.2, 0.25) is 0 Å². The molecule has 6 nitrogen and oxygen atoms in total. The third-order valence-corrected chi connectivity index (χ3v) is 6.31. The fraction of sp³-hybridized carbons (Fsp3) is 0.444. The Hall–Kier alpha value is -2.50. The smallest absolute Gasteiger partial charge is 0.271 e. The molecule has 1 aromatic rings. The van der Waals surface area contributed by atoms with E-state index in [1.54, 1.807) is 13.0 Å². The van der Waals surface area contributed by atoms with Gasteiger partial charge < -0.3 is 0 Å². The van der Waals surface area contributed by atoms with Crippen molar-refractivity contribution >= 4 is 23.2 Å². The van der Waals surface area contributed by atoms with Crippen LogP contribution in [-0.2, 0) is 9.59 Å². The number of allylic oxidation sites excluding steroid dienone is 2. The lowest BCUT2D eigenvalue weighted by molar-refractivity contribution is -0.384. The molecular weight excluding hydrogens is 308 g/mol. The van der Waals surface area contributed by atoms with Crippen LogP contribution in [0.3, 0.4) is 0 Å². The number of nitro groups is 1. The average molecular weight is 324 g/mol. The van der Waals surface area contributed by atoms with Crippen LogP contribution in [0.25, 0.3) is 0 Å². The number of carbonyl (C=O) groups excluding carboxylic acids is 2. The Morgan fingerprint density at radius 1 is 1.08 bits per heavy atom. The van der Waals surface area contributed by atoms with E-state index in [9.17, 15) is 19.7 Å². The number of nitro benzene ring substituents is 1. The predicted molar refractivity (Wildman–Crippen MR) is 85.0 cm³/mol. The lowest BCUT2D eigenvalue weighted by Crippen LogP contribution is -2.40. The van der Waals surface area contributed by atoms with Crippen molar-refractivity contribution in [3.05, 3.63) is 46.0 Å². The van der Waals surface area contributed by atoms with Gasteiger partial charge in [0.2, 0.25) is 11.8 Å². The third-order valence-electron chi connectivity index (χ3n) is 6.31. The third kappa shape index (κ3) is 1.56. The normalized spacial score (nSPS) is 38.3. The van der Waals surface area contributed by atoms with Gasteiger partial charge in [0, 0.05) is 12.1 Å². The summed E-state index contributed by atoms with van der Waals surface area (Å²) in [5.41, 5.74) is 0.961. The quantitative estimate of drug-likeness (QED) is 0.362. The highest BCUT2D eigenvalue weighted by molar-refractivity contribution is 6.23. The number of anilines is 1. The average Bonchev–Trinajstić information content (AvgIpc) is 3.33. The number of aryl methyl sites for hydroxylation is 1. The molecular formula is C18H16N2O4. The Labute approximate surface area is 138 Å². The number of benzene rings is 1. The lowest BCUT2D eigenvalue weighted by Gasteiger charge is -2.37. The number of hydrogen-bond donors (Lipinski definition) is 0. The Morgan fingerprint density at radius 2 is 1.67 bits per heavy atom. The van der Waals surface area contributed by atoms with Gasteiger partial charge in [0.1, 0.15) is 0 Å². The van der Waals surface area contributed by atoms with Gasteiger partial charge in [-0.3, -0.25) is 19.7 Å². The van der Waals surface area contributed by atoms with Crippen LogP contribution >= 0.6 is 0 Å². The van der Waals surface area contributed by atoms with Gasteiger partial charge in [-0.15, -0.1) is 0 Å². The minimum atomic E-state index is -0.499. The number of nitrogens with zero attached hydrogens (tertiary/aromatic N) is 2. The van der Waals surface area contributed by atoms with Crippen molar-refractivity contribution in [3.8, 4) is 0 Å². The van der Waals surface area contributed by atoms with Gasteiger partial charge in [0.25, 0.3) is 5.69 Å². The van der Waals surface area contributed by atoms with E-state index in [0.29, 0.717) is 23.1 Å². The number of non-ortho nitro benzene ring substituents is 1. The van der Waals surface area contributed by atoms with E-state index in [2.05, 4.69) is 12.2 Å². The zero-order valence-electron chi connectivity index (χ0n) is 13.1. The Balaban J connectivity index is 1.60. The zero-order chi connectivity index (χ0) is 16.7. The van der Waals surface area contributed by atoms with E-state index >= 15 is 0 Å². The summed E-state index contributed by atoms with van der Waals surface area (Å²) in [6.07, 6.45) is 5.36. The summed E-state index contributed by atoms with van der Waals surface area (Å²) in [5.74, 6) is 0.477. The number of hydrogen-bond acceptors (Lipinski definition) is 4. The van der Waals surface area contributed by atoms with Crippen molar-refractivity contribution in [1.82, 2.24) is 0 Å². The summed E-state index contributed by atoms with van der Waals surface area (Å²) in [7, 11) is 0. The first kappa shape index (κ1) is 13.9. The fourth-order valence-corrected chi connectivity index (χ4v) is 5.15. The molecule has 2 amide bonds. The van der Waals surface area contributed by atoms with E-state index in [0.717, 1.165) is 6.42 Å². The first-order valence-electron chi connectivity index (χ1n) is 8.30. The van der Waals surface area contributed by atoms with Crippen LogP contribution in [0.5, 0.6) is 0 Å². The van der Waals surface area contributed by atoms with Crippen LogP contribution in [0.15, 0.2) is 30.4 Å². The molecule has 0 N–H and O–H groups in total. The largest absolute Gasteiger partial charge is 0.274 e. The van der Waals surface area contributed by atoms with E-state index in [4.69, 9.17) is 0 Å². The van der Waals surface area contributed by atoms with Crippen LogP contribution in [0, 0.1) is 52.5 Å². The van der Waals surface area contributed by atoms with E-state index < -0.39 is 4.92 Å². The van der Waals surface area contributed by atoms with Gasteiger partial charge in [0.05, 0.1) is 22.4 Å². The molecule has 4 aliphatic carbocycles. The van der Waals surface area contributed by atoms with Gasteiger partial charge in [-0.25, -0.2) is 4.90 Å². The van der Waals surface area contributed by atoms with Crippen molar-refractivity contribution in [2.75, 3.05) is 4.90 Å². The molecule has 1 aliphatic heterocycles. The second-order valence-electron chi connectivity index (χ2n) is 7.39. The van der Waals surface area contributed by atoms with Crippen molar-refractivity contribution in [2.24, 2.45) is 35.5 Å². The molecule has 1 aromatic carbocycles. The SMILES string of the molecule is Cc1ccc([N+](=O)[O-])cc1N1C(=O)[C@H]2[C@@H]3C=C[C@H]([C@H]4C[C@H]34)[C@@H]2C1=O. The minimum Gasteiger partial charge on any atom is -0.274 e. The molecule has 0 radical (unpaired) electrons. The summed E-state index contributed by atoms with van der Waals surface area (Å²) >= 11 is 0. The van der Waals surface area contributed by atoms with Gasteiger partial charge in [-0.05, 0) is 42.6 Å². The summed E-state index contributed by atoms with van der Waals surface area (Å²) in [5, 5.41) is 11.1. The van der Waals surface area contributed by atoms with Crippen LogP contribution in [-0.4, -0.2) is 16.7 Å². The summed E-state index contributed by atoms with van der Waals surface area (Å²) < 4.78 is 0. The van der Waals surface area contributed by atoms with Crippen molar-refractivity contribution in [2.45, 2.75) is 13.3 Å². The molecule has 0 unspecified atom stereocenters. The molecule has 122 valence electrons. The zero-order valence-corrected chi connectivity index (χ0v) is 13.1.